The molecule has 0 aliphatic heterocycles. The maximum Gasteiger partial charge on any atom is 0.119 e. The van der Waals surface area contributed by atoms with Crippen molar-refractivity contribution in [3.8, 4) is 5.75 Å². The van der Waals surface area contributed by atoms with E-state index in [0.717, 1.165) is 32.9 Å². The van der Waals surface area contributed by atoms with E-state index < -0.39 is 0 Å². The van der Waals surface area contributed by atoms with Crippen molar-refractivity contribution < 1.29 is 4.74 Å². The van der Waals surface area contributed by atoms with Crippen LogP contribution in [0.4, 0.5) is 0 Å². The van der Waals surface area contributed by atoms with Crippen LogP contribution in [0.25, 0.3) is 0 Å². The quantitative estimate of drug-likeness (QED) is 0.756. The van der Waals surface area contributed by atoms with Crippen LogP contribution in [0.3, 0.4) is 0 Å². The summed E-state index contributed by atoms with van der Waals surface area (Å²) in [5.41, 5.74) is 2.20. The molecule has 0 radical (unpaired) electrons. The average molecular weight is 369 g/mol. The minimum Gasteiger partial charge on any atom is -0.494 e. The molecule has 0 saturated carbocycles. The van der Waals surface area contributed by atoms with Gasteiger partial charge in [0.1, 0.15) is 5.75 Å². The molecule has 1 unspecified atom stereocenters. The maximum atomic E-state index is 6.46. The van der Waals surface area contributed by atoms with Crippen molar-refractivity contribution in [2.75, 3.05) is 13.2 Å². The van der Waals surface area contributed by atoms with E-state index >= 15 is 0 Å². The molecule has 0 aromatic heterocycles. The van der Waals surface area contributed by atoms with Gasteiger partial charge >= 0.3 is 0 Å². The molecule has 2 rings (SSSR count). The molecule has 2 aromatic rings. The van der Waals surface area contributed by atoms with Crippen molar-refractivity contribution in [3.63, 3.8) is 0 Å². The minimum absolute atomic E-state index is 0.0420. The zero-order valence-corrected chi connectivity index (χ0v) is 14.5. The zero-order chi connectivity index (χ0) is 15.2. The van der Waals surface area contributed by atoms with Gasteiger partial charge in [-0.15, -0.1) is 0 Å². The first-order chi connectivity index (χ1) is 10.2. The van der Waals surface area contributed by atoms with Crippen LogP contribution in [0.15, 0.2) is 46.9 Å². The van der Waals surface area contributed by atoms with E-state index in [9.17, 15) is 0 Å². The molecule has 0 spiro atoms. The van der Waals surface area contributed by atoms with Gasteiger partial charge in [0.05, 0.1) is 17.7 Å². The fraction of sp³-hybridized carbons (Fsp3) is 0.294. The number of halogens is 2. The van der Waals surface area contributed by atoms with E-state index in [1.165, 1.54) is 0 Å². The monoisotopic (exact) mass is 367 g/mol. The van der Waals surface area contributed by atoms with E-state index in [1.807, 2.05) is 37.3 Å². The number of hydrogen-bond donors (Lipinski definition) is 1. The second-order valence-corrected chi connectivity index (χ2v) is 5.87. The van der Waals surface area contributed by atoms with Crippen LogP contribution in [-0.4, -0.2) is 13.2 Å². The van der Waals surface area contributed by atoms with Gasteiger partial charge in [-0.2, -0.15) is 0 Å². The first-order valence-electron chi connectivity index (χ1n) is 7.07. The largest absolute Gasteiger partial charge is 0.494 e. The van der Waals surface area contributed by atoms with Crippen LogP contribution in [0.5, 0.6) is 5.75 Å². The summed E-state index contributed by atoms with van der Waals surface area (Å²) in [4.78, 5) is 0. The highest BCUT2D eigenvalue weighted by Crippen LogP contribution is 2.34. The summed E-state index contributed by atoms with van der Waals surface area (Å²) in [5.74, 6) is 0.879. The Morgan fingerprint density at radius 1 is 1.19 bits per heavy atom. The fourth-order valence-corrected chi connectivity index (χ4v) is 2.92. The normalized spacial score (nSPS) is 12.2. The van der Waals surface area contributed by atoms with Crippen molar-refractivity contribution in [1.82, 2.24) is 5.32 Å². The molecule has 2 nitrogen and oxygen atoms in total. The molecule has 0 amide bonds. The number of rotatable bonds is 6. The lowest BCUT2D eigenvalue weighted by atomic mass is 9.98. The van der Waals surface area contributed by atoms with Crippen LogP contribution in [0.1, 0.15) is 31.0 Å². The molecule has 1 atom stereocenters. The summed E-state index contributed by atoms with van der Waals surface area (Å²) in [6, 6.07) is 14.2. The summed E-state index contributed by atoms with van der Waals surface area (Å²) in [5, 5.41) is 4.23. The Labute approximate surface area is 139 Å². The van der Waals surface area contributed by atoms with E-state index in [4.69, 9.17) is 16.3 Å². The molecule has 0 aliphatic carbocycles. The van der Waals surface area contributed by atoms with Gasteiger partial charge in [0, 0.05) is 4.47 Å². The third-order valence-corrected chi connectivity index (χ3v) is 4.51. The smallest absolute Gasteiger partial charge is 0.119 e. The first-order valence-corrected chi connectivity index (χ1v) is 8.24. The topological polar surface area (TPSA) is 21.3 Å². The maximum absolute atomic E-state index is 6.46. The lowest BCUT2D eigenvalue weighted by Gasteiger charge is -2.21. The predicted molar refractivity (Wildman–Crippen MR) is 92.3 cm³/mol. The Morgan fingerprint density at radius 3 is 2.67 bits per heavy atom. The molecule has 0 heterocycles. The van der Waals surface area contributed by atoms with Gasteiger partial charge < -0.3 is 10.1 Å². The van der Waals surface area contributed by atoms with Crippen LogP contribution in [0.2, 0.25) is 5.02 Å². The molecule has 21 heavy (non-hydrogen) atoms. The summed E-state index contributed by atoms with van der Waals surface area (Å²) >= 11 is 9.95. The Kier molecular flexibility index (Phi) is 6.09. The minimum atomic E-state index is 0.0420. The summed E-state index contributed by atoms with van der Waals surface area (Å²) in [6.07, 6.45) is 0. The van der Waals surface area contributed by atoms with E-state index in [1.54, 1.807) is 0 Å². The highest BCUT2D eigenvalue weighted by atomic mass is 79.9. The van der Waals surface area contributed by atoms with Crippen LogP contribution in [0, 0.1) is 0 Å². The highest BCUT2D eigenvalue weighted by Gasteiger charge is 2.17. The van der Waals surface area contributed by atoms with Gasteiger partial charge in [0.25, 0.3) is 0 Å². The molecule has 0 bridgehead atoms. The van der Waals surface area contributed by atoms with Crippen molar-refractivity contribution in [2.24, 2.45) is 0 Å². The van der Waals surface area contributed by atoms with Crippen LogP contribution >= 0.6 is 27.5 Å². The summed E-state index contributed by atoms with van der Waals surface area (Å²) in [6.45, 7) is 5.59. The second-order valence-electron chi connectivity index (χ2n) is 4.64. The van der Waals surface area contributed by atoms with Crippen molar-refractivity contribution in [2.45, 2.75) is 19.9 Å². The van der Waals surface area contributed by atoms with Gasteiger partial charge in [-0.05, 0) is 58.7 Å². The zero-order valence-electron chi connectivity index (χ0n) is 12.2. The Bertz CT molecular complexity index is 603. The van der Waals surface area contributed by atoms with E-state index in [2.05, 4.69) is 40.3 Å². The Morgan fingerprint density at radius 2 is 1.95 bits per heavy atom. The standard InChI is InChI=1S/C17H19BrClNO/c1-3-20-17(14-9-6-10-15(18)16(14)19)12-7-5-8-13(11-12)21-4-2/h5-11,17,20H,3-4H2,1-2H3. The van der Waals surface area contributed by atoms with E-state index in [-0.39, 0.29) is 6.04 Å². The third-order valence-electron chi connectivity index (χ3n) is 3.20. The molecular weight excluding hydrogens is 350 g/mol. The lowest BCUT2D eigenvalue weighted by molar-refractivity contribution is 0.339. The van der Waals surface area contributed by atoms with Gasteiger partial charge in [-0.3, -0.25) is 0 Å². The van der Waals surface area contributed by atoms with E-state index in [0.29, 0.717) is 6.61 Å². The molecule has 0 aliphatic rings. The van der Waals surface area contributed by atoms with Crippen LogP contribution < -0.4 is 10.1 Å². The molecule has 0 saturated heterocycles. The number of ether oxygens (including phenoxy) is 1. The third kappa shape index (κ3) is 4.00. The number of benzene rings is 2. The van der Waals surface area contributed by atoms with Gasteiger partial charge in [0.2, 0.25) is 0 Å². The molecule has 112 valence electrons. The lowest BCUT2D eigenvalue weighted by Crippen LogP contribution is -2.22. The Balaban J connectivity index is 2.43. The first kappa shape index (κ1) is 16.3. The molecule has 4 heteroatoms. The fourth-order valence-electron chi connectivity index (χ4n) is 2.31. The summed E-state index contributed by atoms with van der Waals surface area (Å²) in [7, 11) is 0. The highest BCUT2D eigenvalue weighted by molar-refractivity contribution is 9.10. The van der Waals surface area contributed by atoms with Gasteiger partial charge in [-0.1, -0.05) is 42.8 Å². The molecule has 0 fully saturated rings. The number of nitrogens with one attached hydrogen (secondary N) is 1. The number of hydrogen-bond acceptors (Lipinski definition) is 2. The van der Waals surface area contributed by atoms with Gasteiger partial charge in [-0.25, -0.2) is 0 Å². The average Bonchev–Trinajstić information content (AvgIpc) is 2.49. The molecule has 2 aromatic carbocycles. The molecule has 1 N–H and O–H groups in total. The Hall–Kier alpha value is -1.03. The molecular formula is C17H19BrClNO. The van der Waals surface area contributed by atoms with Crippen molar-refractivity contribution >= 4 is 27.5 Å². The summed E-state index contributed by atoms with van der Waals surface area (Å²) < 4.78 is 6.50. The van der Waals surface area contributed by atoms with Crippen molar-refractivity contribution in [3.05, 3.63) is 63.1 Å². The van der Waals surface area contributed by atoms with Gasteiger partial charge in [0.15, 0.2) is 0 Å². The van der Waals surface area contributed by atoms with Crippen LogP contribution in [-0.2, 0) is 0 Å². The second kappa shape index (κ2) is 7.83. The predicted octanol–water partition coefficient (Wildman–Crippen LogP) is 5.20. The SMILES string of the molecule is CCNC(c1cccc(OCC)c1)c1cccc(Br)c1Cl. The van der Waals surface area contributed by atoms with Crippen molar-refractivity contribution in [1.29, 1.82) is 0 Å².